The summed E-state index contributed by atoms with van der Waals surface area (Å²) in [4.78, 5) is 3.43. The Morgan fingerprint density at radius 2 is 1.94 bits per heavy atom. The van der Waals surface area contributed by atoms with Crippen LogP contribution < -0.4 is 4.72 Å². The van der Waals surface area contributed by atoms with Crippen LogP contribution in [0.5, 0.6) is 0 Å². The average molecular weight is 331 g/mol. The number of sulfonamides is 1. The molecular weight excluding hydrogens is 323 g/mol. The highest BCUT2D eigenvalue weighted by molar-refractivity contribution is 9.10. The molecule has 0 bridgehead atoms. The molecule has 0 saturated heterocycles. The summed E-state index contributed by atoms with van der Waals surface area (Å²) in [7, 11) is -3.97. The number of halogens is 2. The molecule has 0 aliphatic rings. The van der Waals surface area contributed by atoms with Crippen LogP contribution in [0.3, 0.4) is 0 Å². The molecule has 4 nitrogen and oxygen atoms in total. The monoisotopic (exact) mass is 330 g/mol. The van der Waals surface area contributed by atoms with Gasteiger partial charge in [-0.25, -0.2) is 17.8 Å². The maximum Gasteiger partial charge on any atom is 0.265 e. The van der Waals surface area contributed by atoms with Gasteiger partial charge in [-0.1, -0.05) is 28.1 Å². The molecule has 0 aliphatic carbocycles. The molecule has 0 spiro atoms. The van der Waals surface area contributed by atoms with Crippen LogP contribution in [0.2, 0.25) is 0 Å². The van der Waals surface area contributed by atoms with Crippen molar-refractivity contribution in [1.29, 1.82) is 0 Å². The van der Waals surface area contributed by atoms with E-state index in [0.29, 0.717) is 4.47 Å². The fraction of sp³-hybridized carbons (Fsp3) is 0. The van der Waals surface area contributed by atoms with Crippen LogP contribution >= 0.6 is 15.9 Å². The van der Waals surface area contributed by atoms with Gasteiger partial charge in [-0.05, 0) is 24.3 Å². The first-order chi connectivity index (χ1) is 8.49. The van der Waals surface area contributed by atoms with Crippen LogP contribution in [0.25, 0.3) is 0 Å². The number of rotatable bonds is 3. The normalized spacial score (nSPS) is 11.2. The van der Waals surface area contributed by atoms with E-state index < -0.39 is 20.7 Å². The zero-order valence-electron chi connectivity index (χ0n) is 8.97. The van der Waals surface area contributed by atoms with Crippen LogP contribution in [0.4, 0.5) is 10.2 Å². The van der Waals surface area contributed by atoms with Gasteiger partial charge in [0, 0.05) is 10.7 Å². The number of benzene rings is 1. The standard InChI is InChI=1S/C11H8BrFN2O2S/c12-8-5-6-14-11(7-8)15-18(16,17)10-4-2-1-3-9(10)13/h1-7H,(H,14,15). The van der Waals surface area contributed by atoms with Gasteiger partial charge < -0.3 is 0 Å². The number of pyridine rings is 1. The third kappa shape index (κ3) is 2.85. The zero-order chi connectivity index (χ0) is 13.2. The number of hydrogen-bond donors (Lipinski definition) is 1. The van der Waals surface area contributed by atoms with E-state index in [4.69, 9.17) is 0 Å². The van der Waals surface area contributed by atoms with Crippen molar-refractivity contribution < 1.29 is 12.8 Å². The van der Waals surface area contributed by atoms with Gasteiger partial charge in [0.1, 0.15) is 16.5 Å². The lowest BCUT2D eigenvalue weighted by atomic mass is 10.4. The Morgan fingerprint density at radius 3 is 2.61 bits per heavy atom. The highest BCUT2D eigenvalue weighted by atomic mass is 79.9. The maximum absolute atomic E-state index is 13.4. The Balaban J connectivity index is 2.37. The van der Waals surface area contributed by atoms with Crippen molar-refractivity contribution in [3.05, 3.63) is 52.9 Å². The van der Waals surface area contributed by atoms with E-state index in [-0.39, 0.29) is 5.82 Å². The molecule has 7 heteroatoms. The SMILES string of the molecule is O=S(=O)(Nc1cc(Br)ccn1)c1ccccc1F. The van der Waals surface area contributed by atoms with Gasteiger partial charge in [-0.3, -0.25) is 4.72 Å². The number of hydrogen-bond acceptors (Lipinski definition) is 3. The molecule has 0 unspecified atom stereocenters. The predicted octanol–water partition coefficient (Wildman–Crippen LogP) is 2.78. The van der Waals surface area contributed by atoms with Crippen molar-refractivity contribution in [3.8, 4) is 0 Å². The van der Waals surface area contributed by atoms with Crippen molar-refractivity contribution in [2.24, 2.45) is 0 Å². The largest absolute Gasteiger partial charge is 0.265 e. The molecule has 1 heterocycles. The van der Waals surface area contributed by atoms with Gasteiger partial charge in [0.15, 0.2) is 0 Å². The molecule has 0 aliphatic heterocycles. The quantitative estimate of drug-likeness (QED) is 0.941. The molecule has 0 atom stereocenters. The van der Waals surface area contributed by atoms with Crippen molar-refractivity contribution in [2.75, 3.05) is 4.72 Å². The van der Waals surface area contributed by atoms with Crippen molar-refractivity contribution >= 4 is 31.8 Å². The smallest absolute Gasteiger partial charge is 0.263 e. The number of nitrogens with zero attached hydrogens (tertiary/aromatic N) is 1. The second-order valence-corrected chi connectivity index (χ2v) is 5.96. The summed E-state index contributed by atoms with van der Waals surface area (Å²) >= 11 is 3.19. The topological polar surface area (TPSA) is 59.1 Å². The predicted molar refractivity (Wildman–Crippen MR) is 69.1 cm³/mol. The van der Waals surface area contributed by atoms with Gasteiger partial charge in [-0.15, -0.1) is 0 Å². The molecule has 1 N–H and O–H groups in total. The summed E-state index contributed by atoms with van der Waals surface area (Å²) in [5, 5.41) is 0. The molecule has 0 saturated carbocycles. The number of aromatic nitrogens is 1. The van der Waals surface area contributed by atoms with Crippen LogP contribution in [-0.4, -0.2) is 13.4 Å². The fourth-order valence-electron chi connectivity index (χ4n) is 1.32. The summed E-state index contributed by atoms with van der Waals surface area (Å²) in [6.45, 7) is 0. The minimum absolute atomic E-state index is 0.118. The molecule has 18 heavy (non-hydrogen) atoms. The van der Waals surface area contributed by atoms with E-state index in [1.54, 1.807) is 6.07 Å². The first-order valence-electron chi connectivity index (χ1n) is 4.88. The van der Waals surface area contributed by atoms with Crippen molar-refractivity contribution in [1.82, 2.24) is 4.98 Å². The lowest BCUT2D eigenvalue weighted by Crippen LogP contribution is -2.15. The third-order valence-electron chi connectivity index (χ3n) is 2.09. The van der Waals surface area contributed by atoms with E-state index in [1.165, 1.54) is 30.5 Å². The third-order valence-corrected chi connectivity index (χ3v) is 3.97. The molecule has 0 fully saturated rings. The van der Waals surface area contributed by atoms with Crippen LogP contribution in [0.1, 0.15) is 0 Å². The Morgan fingerprint density at radius 1 is 1.22 bits per heavy atom. The summed E-state index contributed by atoms with van der Waals surface area (Å²) in [5.41, 5.74) is 0. The van der Waals surface area contributed by atoms with Gasteiger partial charge in [-0.2, -0.15) is 0 Å². The van der Waals surface area contributed by atoms with E-state index >= 15 is 0 Å². The van der Waals surface area contributed by atoms with E-state index in [9.17, 15) is 12.8 Å². The van der Waals surface area contributed by atoms with Crippen LogP contribution in [-0.2, 0) is 10.0 Å². The Hall–Kier alpha value is -1.47. The van der Waals surface area contributed by atoms with E-state index in [0.717, 1.165) is 6.07 Å². The van der Waals surface area contributed by atoms with E-state index in [1.807, 2.05) is 0 Å². The molecular formula is C11H8BrFN2O2S. The lowest BCUT2D eigenvalue weighted by molar-refractivity contribution is 0.570. The maximum atomic E-state index is 13.4. The highest BCUT2D eigenvalue weighted by Gasteiger charge is 2.18. The van der Waals surface area contributed by atoms with Crippen molar-refractivity contribution in [2.45, 2.75) is 4.90 Å². The second-order valence-electron chi connectivity index (χ2n) is 3.40. The number of anilines is 1. The van der Waals surface area contributed by atoms with Gasteiger partial charge >= 0.3 is 0 Å². The van der Waals surface area contributed by atoms with E-state index in [2.05, 4.69) is 25.6 Å². The minimum atomic E-state index is -3.97. The molecule has 2 rings (SSSR count). The first kappa shape index (κ1) is 13.0. The van der Waals surface area contributed by atoms with Crippen molar-refractivity contribution in [3.63, 3.8) is 0 Å². The Kier molecular flexibility index (Phi) is 3.63. The van der Waals surface area contributed by atoms with Gasteiger partial charge in [0.2, 0.25) is 0 Å². The summed E-state index contributed by atoms with van der Waals surface area (Å²) in [6, 6.07) is 8.29. The van der Waals surface area contributed by atoms with Crippen LogP contribution in [0.15, 0.2) is 52.0 Å². The van der Waals surface area contributed by atoms with Gasteiger partial charge in [0.05, 0.1) is 0 Å². The van der Waals surface area contributed by atoms with Crippen LogP contribution in [0, 0.1) is 5.82 Å². The molecule has 0 amide bonds. The second kappa shape index (κ2) is 5.03. The summed E-state index contributed by atoms with van der Waals surface area (Å²) < 4.78 is 40.2. The molecule has 1 aromatic carbocycles. The summed E-state index contributed by atoms with van der Waals surface area (Å²) in [6.07, 6.45) is 1.43. The molecule has 1 aromatic heterocycles. The Labute approximate surface area is 112 Å². The zero-order valence-corrected chi connectivity index (χ0v) is 11.4. The molecule has 94 valence electrons. The Bertz CT molecular complexity index is 676. The summed E-state index contributed by atoms with van der Waals surface area (Å²) in [5.74, 6) is -0.687. The minimum Gasteiger partial charge on any atom is -0.263 e. The van der Waals surface area contributed by atoms with Gasteiger partial charge in [0.25, 0.3) is 10.0 Å². The number of nitrogens with one attached hydrogen (secondary N) is 1. The molecule has 2 aromatic rings. The highest BCUT2D eigenvalue weighted by Crippen LogP contribution is 2.19. The fourth-order valence-corrected chi connectivity index (χ4v) is 2.73. The average Bonchev–Trinajstić information content (AvgIpc) is 2.28. The lowest BCUT2D eigenvalue weighted by Gasteiger charge is -2.07. The first-order valence-corrected chi connectivity index (χ1v) is 7.15. The molecule has 0 radical (unpaired) electrons.